The van der Waals surface area contributed by atoms with Crippen LogP contribution in [0.1, 0.15) is 40.1 Å². The molecule has 0 aliphatic heterocycles. The highest BCUT2D eigenvalue weighted by Gasteiger charge is 2.38. The smallest absolute Gasteiger partial charge is 0.244 e. The highest BCUT2D eigenvalue weighted by atomic mass is 19.4. The lowest BCUT2D eigenvalue weighted by Crippen LogP contribution is -2.21. The van der Waals surface area contributed by atoms with E-state index < -0.39 is 23.8 Å². The van der Waals surface area contributed by atoms with E-state index in [0.29, 0.717) is 78.0 Å². The SMILES string of the molecule is N#CC(C#N)=C1c2cc(C3=CCC(C(F)(F)F)C=C3)ccc2-c2nc3cc4nc5c(nc4cc3nc21)-c1ccc(-c2ccc(C(F)(F)F)cc2)cc1C5=C(C#N)C#N. The molecule has 4 aromatic carbocycles. The van der Waals surface area contributed by atoms with E-state index in [1.807, 2.05) is 24.3 Å². The van der Waals surface area contributed by atoms with Gasteiger partial charge in [-0.05, 0) is 76.2 Å². The summed E-state index contributed by atoms with van der Waals surface area (Å²) in [4.78, 5) is 19.5. The van der Waals surface area contributed by atoms with Gasteiger partial charge in [0.05, 0.1) is 56.3 Å². The Labute approximate surface area is 323 Å². The molecule has 0 N–H and O–H groups in total. The number of fused-ring (bicyclic) bond motifs is 8. The minimum atomic E-state index is -4.51. The average molecular weight is 773 g/mol. The Morgan fingerprint density at radius 3 is 1.41 bits per heavy atom. The fourth-order valence-electron chi connectivity index (χ4n) is 7.57. The number of hydrogen-bond donors (Lipinski definition) is 0. The number of nitriles is 4. The van der Waals surface area contributed by atoms with Crippen LogP contribution in [0, 0.1) is 51.2 Å². The van der Waals surface area contributed by atoms with Gasteiger partial charge >= 0.3 is 12.4 Å². The third-order valence-corrected chi connectivity index (χ3v) is 10.4. The molecule has 0 spiro atoms. The van der Waals surface area contributed by atoms with Gasteiger partial charge in [-0.15, -0.1) is 0 Å². The predicted molar refractivity (Wildman–Crippen MR) is 200 cm³/mol. The Balaban J connectivity index is 1.17. The zero-order valence-electron chi connectivity index (χ0n) is 29.3. The van der Waals surface area contributed by atoms with Gasteiger partial charge in [-0.2, -0.15) is 47.4 Å². The maximum atomic E-state index is 13.3. The number of allylic oxidation sites excluding steroid dienone is 6. The summed E-state index contributed by atoms with van der Waals surface area (Å²) in [5, 5.41) is 40.0. The first-order chi connectivity index (χ1) is 27.8. The first-order valence-corrected chi connectivity index (χ1v) is 17.4. The molecular weight excluding hydrogens is 755 g/mol. The Morgan fingerprint density at radius 1 is 0.534 bits per heavy atom. The molecule has 3 aliphatic rings. The molecule has 0 radical (unpaired) electrons. The number of hydrogen-bond acceptors (Lipinski definition) is 8. The topological polar surface area (TPSA) is 147 Å². The monoisotopic (exact) mass is 772 g/mol. The maximum Gasteiger partial charge on any atom is 0.416 e. The van der Waals surface area contributed by atoms with Crippen LogP contribution < -0.4 is 0 Å². The molecule has 1 unspecified atom stereocenters. The minimum absolute atomic E-state index is 0.218. The summed E-state index contributed by atoms with van der Waals surface area (Å²) in [5.41, 5.74) is 6.01. The normalized spacial score (nSPS) is 15.1. The molecule has 14 heteroatoms. The van der Waals surface area contributed by atoms with Gasteiger partial charge in [-0.25, -0.2) is 19.9 Å². The molecule has 9 rings (SSSR count). The third kappa shape index (κ3) is 5.58. The van der Waals surface area contributed by atoms with E-state index in [-0.39, 0.29) is 40.1 Å². The van der Waals surface area contributed by atoms with Crippen molar-refractivity contribution in [2.24, 2.45) is 5.92 Å². The molecule has 0 fully saturated rings. The van der Waals surface area contributed by atoms with Crippen molar-refractivity contribution in [1.82, 2.24) is 19.9 Å². The van der Waals surface area contributed by atoms with Gasteiger partial charge in [0.1, 0.15) is 35.4 Å². The van der Waals surface area contributed by atoms with E-state index in [2.05, 4.69) is 0 Å². The van der Waals surface area contributed by atoms with Crippen molar-refractivity contribution in [2.75, 3.05) is 0 Å². The predicted octanol–water partition coefficient (Wildman–Crippen LogP) is 10.4. The number of aromatic nitrogens is 4. The van der Waals surface area contributed by atoms with Crippen molar-refractivity contribution in [2.45, 2.75) is 18.8 Å². The minimum Gasteiger partial charge on any atom is -0.244 e. The summed E-state index contributed by atoms with van der Waals surface area (Å²) >= 11 is 0. The second-order valence-corrected chi connectivity index (χ2v) is 13.6. The Morgan fingerprint density at radius 2 is 0.983 bits per heavy atom. The summed E-state index contributed by atoms with van der Waals surface area (Å²) < 4.78 is 79.7. The van der Waals surface area contributed by atoms with Gasteiger partial charge in [-0.1, -0.05) is 54.6 Å². The highest BCUT2D eigenvalue weighted by molar-refractivity contribution is 6.07. The number of rotatable bonds is 2. The fourth-order valence-corrected chi connectivity index (χ4v) is 7.57. The molecule has 0 saturated heterocycles. The van der Waals surface area contributed by atoms with Crippen molar-refractivity contribution in [3.8, 4) is 57.9 Å². The van der Waals surface area contributed by atoms with E-state index in [0.717, 1.165) is 18.2 Å². The maximum absolute atomic E-state index is 13.3. The van der Waals surface area contributed by atoms with Crippen LogP contribution in [0.4, 0.5) is 26.3 Å². The summed E-state index contributed by atoms with van der Waals surface area (Å²) in [6.45, 7) is 0. The molecule has 58 heavy (non-hydrogen) atoms. The number of nitrogens with zero attached hydrogens (tertiary/aromatic N) is 8. The van der Waals surface area contributed by atoms with E-state index >= 15 is 0 Å². The van der Waals surface area contributed by atoms with E-state index in [1.54, 1.807) is 48.5 Å². The molecule has 276 valence electrons. The van der Waals surface area contributed by atoms with Crippen LogP contribution in [0.25, 0.3) is 72.4 Å². The van der Waals surface area contributed by atoms with Gasteiger partial charge in [0, 0.05) is 22.3 Å². The molecule has 2 aromatic heterocycles. The molecule has 1 atom stereocenters. The van der Waals surface area contributed by atoms with Gasteiger partial charge in [0.2, 0.25) is 0 Å². The molecular formula is C44H18F6N8. The average Bonchev–Trinajstić information content (AvgIpc) is 3.69. The molecule has 0 amide bonds. The van der Waals surface area contributed by atoms with Gasteiger partial charge in [0.15, 0.2) is 0 Å². The van der Waals surface area contributed by atoms with E-state index in [4.69, 9.17) is 19.9 Å². The first kappa shape index (κ1) is 35.7. The highest BCUT2D eigenvalue weighted by Crippen LogP contribution is 2.48. The largest absolute Gasteiger partial charge is 0.416 e. The summed E-state index contributed by atoms with van der Waals surface area (Å²) in [7, 11) is 0. The Bertz CT molecular complexity index is 3130. The van der Waals surface area contributed by atoms with Gasteiger partial charge in [-0.3, -0.25) is 0 Å². The van der Waals surface area contributed by atoms with Crippen LogP contribution >= 0.6 is 0 Å². The zero-order valence-corrected chi connectivity index (χ0v) is 29.3. The van der Waals surface area contributed by atoms with Gasteiger partial charge < -0.3 is 0 Å². The number of benzene rings is 4. The van der Waals surface area contributed by atoms with E-state index in [1.165, 1.54) is 24.3 Å². The molecule has 3 aliphatic carbocycles. The van der Waals surface area contributed by atoms with Crippen LogP contribution in [-0.4, -0.2) is 26.1 Å². The lowest BCUT2D eigenvalue weighted by Gasteiger charge is -2.19. The van der Waals surface area contributed by atoms with E-state index in [9.17, 15) is 47.4 Å². The van der Waals surface area contributed by atoms with Crippen molar-refractivity contribution in [3.63, 3.8) is 0 Å². The summed E-state index contributed by atoms with van der Waals surface area (Å²) in [6, 6.07) is 25.9. The molecule has 0 saturated carbocycles. The van der Waals surface area contributed by atoms with Crippen LogP contribution in [0.3, 0.4) is 0 Å². The van der Waals surface area contributed by atoms with Gasteiger partial charge in [0.25, 0.3) is 0 Å². The third-order valence-electron chi connectivity index (χ3n) is 10.4. The zero-order chi connectivity index (χ0) is 40.7. The lowest BCUT2D eigenvalue weighted by atomic mass is 9.90. The second-order valence-electron chi connectivity index (χ2n) is 13.6. The molecule has 0 bridgehead atoms. The first-order valence-electron chi connectivity index (χ1n) is 17.4. The number of alkyl halides is 6. The van der Waals surface area contributed by atoms with Crippen LogP contribution in [0.2, 0.25) is 0 Å². The second kappa shape index (κ2) is 12.8. The summed E-state index contributed by atoms with van der Waals surface area (Å²) in [6.07, 6.45) is -5.09. The van der Waals surface area contributed by atoms with Crippen molar-refractivity contribution < 1.29 is 26.3 Å². The molecule has 6 aromatic rings. The summed E-state index contributed by atoms with van der Waals surface area (Å²) in [5.74, 6) is -1.60. The Hall–Kier alpha value is -7.94. The van der Waals surface area contributed by atoms with Crippen molar-refractivity contribution >= 4 is 38.8 Å². The molecule has 2 heterocycles. The standard InChI is InChI=1S/C44H18F6N8/c45-43(46,47)27-7-1-21(2-8-27)23-5-11-29-31(13-23)37(25(17-51)18-52)41-39(29)55-33-15-36-34(16-35(33)57-41)56-40-30-12-6-24(22-3-9-28(10-4-22)44(48,49)50)14-32(30)38(42(40)58-36)26(19-53)20-54/h1-9,11-16,28H,10H2. The molecule has 8 nitrogen and oxygen atoms in total. The fraction of sp³-hybridized carbons (Fsp3) is 0.0909. The number of halogens is 6. The van der Waals surface area contributed by atoms with Crippen LogP contribution in [0.15, 0.2) is 102 Å². The van der Waals surface area contributed by atoms with Crippen molar-refractivity contribution in [3.05, 3.63) is 136 Å². The lowest BCUT2D eigenvalue weighted by molar-refractivity contribution is -0.160. The Kier molecular flexibility index (Phi) is 7.89. The quantitative estimate of drug-likeness (QED) is 0.0958. The van der Waals surface area contributed by atoms with Crippen LogP contribution in [0.5, 0.6) is 0 Å². The van der Waals surface area contributed by atoms with Crippen LogP contribution in [-0.2, 0) is 6.18 Å². The van der Waals surface area contributed by atoms with Crippen molar-refractivity contribution in [1.29, 1.82) is 21.0 Å².